The number of hydrogen-bond donors (Lipinski definition) is 2. The van der Waals surface area contributed by atoms with Gasteiger partial charge in [0.1, 0.15) is 5.75 Å². The van der Waals surface area contributed by atoms with Crippen LogP contribution in [0.4, 0.5) is 5.95 Å². The van der Waals surface area contributed by atoms with E-state index in [-0.39, 0.29) is 24.6 Å². The van der Waals surface area contributed by atoms with Crippen molar-refractivity contribution in [1.29, 1.82) is 0 Å². The molecule has 7 heteroatoms. The molecule has 106 valence electrons. The van der Waals surface area contributed by atoms with Crippen LogP contribution < -0.4 is 15.2 Å². The number of nitrogen functional groups attached to an aromatic ring is 1. The van der Waals surface area contributed by atoms with Gasteiger partial charge >= 0.3 is 12.0 Å². The molecule has 0 aliphatic carbocycles. The van der Waals surface area contributed by atoms with Crippen LogP contribution in [-0.2, 0) is 6.61 Å². The second-order valence-electron chi connectivity index (χ2n) is 4.01. The Bertz CT molecular complexity index is 577. The number of hydrogen-bond acceptors (Lipinski definition) is 7. The topological polar surface area (TPSA) is 103 Å². The minimum atomic E-state index is -0.0681. The molecule has 7 nitrogen and oxygen atoms in total. The Morgan fingerprint density at radius 2 is 2.00 bits per heavy atom. The Balaban J connectivity index is 2.17. The highest BCUT2D eigenvalue weighted by Gasteiger charge is 2.08. The van der Waals surface area contributed by atoms with Gasteiger partial charge in [-0.15, -0.1) is 4.98 Å². The predicted molar refractivity (Wildman–Crippen MR) is 72.5 cm³/mol. The Labute approximate surface area is 116 Å². The second-order valence-corrected chi connectivity index (χ2v) is 4.01. The molecule has 20 heavy (non-hydrogen) atoms. The molecular formula is C13H16N4O3. The van der Waals surface area contributed by atoms with Gasteiger partial charge in [-0.25, -0.2) is 0 Å². The molecule has 0 atom stereocenters. The first-order chi connectivity index (χ1) is 9.71. The lowest BCUT2D eigenvalue weighted by Gasteiger charge is -2.07. The van der Waals surface area contributed by atoms with Crippen LogP contribution >= 0.6 is 0 Å². The fourth-order valence-corrected chi connectivity index (χ4v) is 1.47. The number of nitrogens with two attached hydrogens (primary N) is 1. The molecule has 0 radical (unpaired) electrons. The maximum absolute atomic E-state index is 9.08. The van der Waals surface area contributed by atoms with E-state index in [9.17, 15) is 0 Å². The molecule has 0 saturated heterocycles. The molecule has 1 heterocycles. The molecule has 1 aromatic carbocycles. The van der Waals surface area contributed by atoms with Crippen LogP contribution in [0, 0.1) is 0 Å². The molecular weight excluding hydrogens is 260 g/mol. The van der Waals surface area contributed by atoms with Crippen LogP contribution in [0.2, 0.25) is 0 Å². The van der Waals surface area contributed by atoms with Gasteiger partial charge in [0.25, 0.3) is 0 Å². The van der Waals surface area contributed by atoms with Crippen molar-refractivity contribution in [3.63, 3.8) is 0 Å². The molecule has 0 saturated carbocycles. The summed E-state index contributed by atoms with van der Waals surface area (Å²) >= 11 is 0. The first-order valence-corrected chi connectivity index (χ1v) is 6.23. The van der Waals surface area contributed by atoms with E-state index in [2.05, 4.69) is 15.0 Å². The van der Waals surface area contributed by atoms with Crippen LogP contribution in [0.5, 0.6) is 17.8 Å². The summed E-state index contributed by atoms with van der Waals surface area (Å²) in [6.07, 6.45) is 0.834. The van der Waals surface area contributed by atoms with Crippen molar-refractivity contribution in [2.75, 3.05) is 12.3 Å². The van der Waals surface area contributed by atoms with Gasteiger partial charge in [-0.3, -0.25) is 0 Å². The van der Waals surface area contributed by atoms with E-state index in [4.69, 9.17) is 20.3 Å². The van der Waals surface area contributed by atoms with Gasteiger partial charge < -0.3 is 20.3 Å². The summed E-state index contributed by atoms with van der Waals surface area (Å²) in [4.78, 5) is 11.8. The molecule has 2 aromatic rings. The smallest absolute Gasteiger partial charge is 0.330 e. The molecule has 0 aliphatic rings. The van der Waals surface area contributed by atoms with Crippen molar-refractivity contribution >= 4 is 5.95 Å². The van der Waals surface area contributed by atoms with Gasteiger partial charge in [0, 0.05) is 0 Å². The van der Waals surface area contributed by atoms with Gasteiger partial charge in [0.15, 0.2) is 0 Å². The van der Waals surface area contributed by atoms with Crippen molar-refractivity contribution in [1.82, 2.24) is 15.0 Å². The summed E-state index contributed by atoms with van der Waals surface area (Å²) < 4.78 is 10.8. The summed E-state index contributed by atoms with van der Waals surface area (Å²) in [5.74, 6) is 0.531. The number of anilines is 1. The average molecular weight is 276 g/mol. The van der Waals surface area contributed by atoms with E-state index in [1.165, 1.54) is 0 Å². The van der Waals surface area contributed by atoms with Gasteiger partial charge in [0.05, 0.1) is 13.2 Å². The standard InChI is InChI=1S/C13H16N4O3/c1-2-6-19-12-15-11(14)16-13(17-12)20-10-5-3-4-9(7-10)8-18/h3-5,7,18H,2,6,8H2,1H3,(H2,14,15,16,17). The Kier molecular flexibility index (Phi) is 4.67. The molecule has 0 amide bonds. The molecule has 0 unspecified atom stereocenters. The van der Waals surface area contributed by atoms with Crippen LogP contribution in [0.15, 0.2) is 24.3 Å². The lowest BCUT2D eigenvalue weighted by molar-refractivity contribution is 0.280. The SMILES string of the molecule is CCCOc1nc(N)nc(Oc2cccc(CO)c2)n1. The second kappa shape index (κ2) is 6.67. The molecule has 0 spiro atoms. The van der Waals surface area contributed by atoms with E-state index in [1.54, 1.807) is 24.3 Å². The fraction of sp³-hybridized carbons (Fsp3) is 0.308. The predicted octanol–water partition coefficient (Wildman–Crippen LogP) is 1.53. The third-order valence-corrected chi connectivity index (χ3v) is 2.34. The highest BCUT2D eigenvalue weighted by molar-refractivity contribution is 5.31. The molecule has 0 aliphatic heterocycles. The minimum Gasteiger partial charge on any atom is -0.463 e. The first kappa shape index (κ1) is 14.0. The molecule has 0 fully saturated rings. The Hall–Kier alpha value is -2.41. The van der Waals surface area contributed by atoms with Crippen LogP contribution in [0.1, 0.15) is 18.9 Å². The van der Waals surface area contributed by atoms with Gasteiger partial charge in [-0.2, -0.15) is 9.97 Å². The van der Waals surface area contributed by atoms with Crippen molar-refractivity contribution in [2.45, 2.75) is 20.0 Å². The lowest BCUT2D eigenvalue weighted by atomic mass is 10.2. The normalized spacial score (nSPS) is 10.3. The fourth-order valence-electron chi connectivity index (χ4n) is 1.47. The Morgan fingerprint density at radius 3 is 2.75 bits per heavy atom. The van der Waals surface area contributed by atoms with Gasteiger partial charge in [-0.1, -0.05) is 19.1 Å². The maximum Gasteiger partial charge on any atom is 0.330 e. The van der Waals surface area contributed by atoms with Crippen LogP contribution in [0.3, 0.4) is 0 Å². The zero-order valence-corrected chi connectivity index (χ0v) is 11.1. The highest BCUT2D eigenvalue weighted by Crippen LogP contribution is 2.21. The third-order valence-electron chi connectivity index (χ3n) is 2.34. The van der Waals surface area contributed by atoms with Crippen molar-refractivity contribution in [2.24, 2.45) is 0 Å². The van der Waals surface area contributed by atoms with Crippen LogP contribution in [0.25, 0.3) is 0 Å². The average Bonchev–Trinajstić information content (AvgIpc) is 2.44. The number of ether oxygens (including phenoxy) is 2. The largest absolute Gasteiger partial charge is 0.463 e. The van der Waals surface area contributed by atoms with Crippen LogP contribution in [-0.4, -0.2) is 26.7 Å². The number of aliphatic hydroxyl groups excluding tert-OH is 1. The van der Waals surface area contributed by atoms with Gasteiger partial charge in [-0.05, 0) is 24.1 Å². The highest BCUT2D eigenvalue weighted by atomic mass is 16.5. The Morgan fingerprint density at radius 1 is 1.20 bits per heavy atom. The summed E-state index contributed by atoms with van der Waals surface area (Å²) in [5, 5.41) is 9.08. The van der Waals surface area contributed by atoms with Crippen molar-refractivity contribution in [3.05, 3.63) is 29.8 Å². The van der Waals surface area contributed by atoms with E-state index >= 15 is 0 Å². The van der Waals surface area contributed by atoms with E-state index < -0.39 is 0 Å². The third kappa shape index (κ3) is 3.79. The first-order valence-electron chi connectivity index (χ1n) is 6.23. The summed E-state index contributed by atoms with van der Waals surface area (Å²) in [6, 6.07) is 7.15. The lowest BCUT2D eigenvalue weighted by Crippen LogP contribution is -2.05. The zero-order chi connectivity index (χ0) is 14.4. The zero-order valence-electron chi connectivity index (χ0n) is 11.1. The maximum atomic E-state index is 9.08. The molecule has 0 bridgehead atoms. The van der Waals surface area contributed by atoms with E-state index in [0.717, 1.165) is 12.0 Å². The summed E-state index contributed by atoms with van der Waals surface area (Å²) in [7, 11) is 0. The number of rotatable bonds is 6. The molecule has 3 N–H and O–H groups in total. The summed E-state index contributed by atoms with van der Waals surface area (Å²) in [5.41, 5.74) is 6.31. The minimum absolute atomic E-state index is 0.0272. The number of aliphatic hydroxyl groups is 1. The van der Waals surface area contributed by atoms with Crippen molar-refractivity contribution < 1.29 is 14.6 Å². The molecule has 1 aromatic heterocycles. The van der Waals surface area contributed by atoms with Crippen molar-refractivity contribution in [3.8, 4) is 17.8 Å². The monoisotopic (exact) mass is 276 g/mol. The number of benzene rings is 1. The summed E-state index contributed by atoms with van der Waals surface area (Å²) in [6.45, 7) is 2.40. The van der Waals surface area contributed by atoms with E-state index in [0.29, 0.717) is 12.4 Å². The molecule has 2 rings (SSSR count). The van der Waals surface area contributed by atoms with Gasteiger partial charge in [0.2, 0.25) is 5.95 Å². The quantitative estimate of drug-likeness (QED) is 0.824. The number of nitrogens with zero attached hydrogens (tertiary/aromatic N) is 3. The number of aromatic nitrogens is 3. The van der Waals surface area contributed by atoms with E-state index in [1.807, 2.05) is 6.92 Å².